The van der Waals surface area contributed by atoms with Crippen LogP contribution in [0.25, 0.3) is 0 Å². The standard InChI is InChI=1S/C7H14FN/c1-3-7-4-6(8)5-9(7)2/h6-7H,3-5H2,1-2H3/t6-,7+/m1/s1. The van der Waals surface area contributed by atoms with Crippen molar-refractivity contribution >= 4 is 0 Å². The lowest BCUT2D eigenvalue weighted by Gasteiger charge is -2.15. The van der Waals surface area contributed by atoms with E-state index in [0.717, 1.165) is 12.8 Å². The number of hydrogen-bond donors (Lipinski definition) is 0. The Bertz CT molecular complexity index is 94.9. The molecule has 54 valence electrons. The van der Waals surface area contributed by atoms with E-state index >= 15 is 0 Å². The van der Waals surface area contributed by atoms with Gasteiger partial charge in [0.15, 0.2) is 0 Å². The summed E-state index contributed by atoms with van der Waals surface area (Å²) in [6, 6.07) is 0.500. The minimum atomic E-state index is -0.569. The van der Waals surface area contributed by atoms with Gasteiger partial charge in [-0.25, -0.2) is 4.39 Å². The molecule has 0 saturated carbocycles. The molecular weight excluding hydrogens is 117 g/mol. The maximum absolute atomic E-state index is 12.6. The molecule has 1 rings (SSSR count). The summed E-state index contributed by atoms with van der Waals surface area (Å²) in [6.07, 6.45) is 1.25. The van der Waals surface area contributed by atoms with Gasteiger partial charge in [0.2, 0.25) is 0 Å². The fourth-order valence-electron chi connectivity index (χ4n) is 1.49. The Labute approximate surface area is 55.8 Å². The van der Waals surface area contributed by atoms with Crippen molar-refractivity contribution in [3.63, 3.8) is 0 Å². The highest BCUT2D eigenvalue weighted by molar-refractivity contribution is 4.81. The molecule has 0 spiro atoms. The van der Waals surface area contributed by atoms with Crippen molar-refractivity contribution in [2.45, 2.75) is 32.0 Å². The summed E-state index contributed by atoms with van der Waals surface area (Å²) in [4.78, 5) is 2.10. The molecule has 1 nitrogen and oxygen atoms in total. The van der Waals surface area contributed by atoms with Crippen molar-refractivity contribution in [2.24, 2.45) is 0 Å². The van der Waals surface area contributed by atoms with Crippen molar-refractivity contribution < 1.29 is 4.39 Å². The molecule has 2 heteroatoms. The zero-order valence-corrected chi connectivity index (χ0v) is 6.10. The van der Waals surface area contributed by atoms with Gasteiger partial charge in [-0.15, -0.1) is 0 Å². The molecule has 0 unspecified atom stereocenters. The molecule has 9 heavy (non-hydrogen) atoms. The van der Waals surface area contributed by atoms with Crippen LogP contribution in [-0.4, -0.2) is 30.7 Å². The number of hydrogen-bond acceptors (Lipinski definition) is 1. The topological polar surface area (TPSA) is 3.24 Å². The van der Waals surface area contributed by atoms with E-state index in [0.29, 0.717) is 12.6 Å². The van der Waals surface area contributed by atoms with E-state index in [-0.39, 0.29) is 0 Å². The molecular formula is C7H14FN. The lowest BCUT2D eigenvalue weighted by atomic mass is 10.2. The molecule has 2 atom stereocenters. The lowest BCUT2D eigenvalue weighted by molar-refractivity contribution is 0.290. The maximum Gasteiger partial charge on any atom is 0.114 e. The summed E-state index contributed by atoms with van der Waals surface area (Å²) in [5.41, 5.74) is 0. The Morgan fingerprint density at radius 3 is 2.56 bits per heavy atom. The molecule has 0 bridgehead atoms. The van der Waals surface area contributed by atoms with Gasteiger partial charge in [0.1, 0.15) is 6.17 Å². The monoisotopic (exact) mass is 131 g/mol. The summed E-state index contributed by atoms with van der Waals surface area (Å²) < 4.78 is 12.6. The van der Waals surface area contributed by atoms with Gasteiger partial charge < -0.3 is 4.90 Å². The van der Waals surface area contributed by atoms with Gasteiger partial charge in [0.05, 0.1) is 0 Å². The van der Waals surface area contributed by atoms with Gasteiger partial charge in [-0.1, -0.05) is 6.92 Å². The van der Waals surface area contributed by atoms with Crippen LogP contribution in [0.4, 0.5) is 4.39 Å². The first-order valence-corrected chi connectivity index (χ1v) is 3.58. The third kappa shape index (κ3) is 1.42. The second kappa shape index (κ2) is 2.65. The predicted molar refractivity (Wildman–Crippen MR) is 36.2 cm³/mol. The fraction of sp³-hybridized carbons (Fsp3) is 1.00. The number of halogens is 1. The number of alkyl halides is 1. The second-order valence-corrected chi connectivity index (χ2v) is 2.83. The Morgan fingerprint density at radius 2 is 2.33 bits per heavy atom. The van der Waals surface area contributed by atoms with Crippen LogP contribution in [0.2, 0.25) is 0 Å². The van der Waals surface area contributed by atoms with Crippen LogP contribution in [0.15, 0.2) is 0 Å². The van der Waals surface area contributed by atoms with Crippen LogP contribution < -0.4 is 0 Å². The molecule has 0 aliphatic carbocycles. The van der Waals surface area contributed by atoms with Crippen molar-refractivity contribution in [3.8, 4) is 0 Å². The van der Waals surface area contributed by atoms with Crippen molar-refractivity contribution in [1.29, 1.82) is 0 Å². The summed E-state index contributed by atoms with van der Waals surface area (Å²) in [7, 11) is 1.99. The predicted octanol–water partition coefficient (Wildman–Crippen LogP) is 1.44. The summed E-state index contributed by atoms with van der Waals surface area (Å²) in [5, 5.41) is 0. The van der Waals surface area contributed by atoms with E-state index in [1.165, 1.54) is 0 Å². The van der Waals surface area contributed by atoms with E-state index in [9.17, 15) is 4.39 Å². The number of likely N-dealkylation sites (tertiary alicyclic amines) is 1. The molecule has 1 aliphatic rings. The smallest absolute Gasteiger partial charge is 0.114 e. The fourth-order valence-corrected chi connectivity index (χ4v) is 1.49. The Morgan fingerprint density at radius 1 is 1.67 bits per heavy atom. The van der Waals surface area contributed by atoms with E-state index in [4.69, 9.17) is 0 Å². The first-order valence-electron chi connectivity index (χ1n) is 3.58. The Hall–Kier alpha value is -0.110. The maximum atomic E-state index is 12.6. The molecule has 1 fully saturated rings. The van der Waals surface area contributed by atoms with Crippen molar-refractivity contribution in [1.82, 2.24) is 4.90 Å². The van der Waals surface area contributed by atoms with Crippen LogP contribution in [0, 0.1) is 0 Å². The minimum Gasteiger partial charge on any atom is -0.300 e. The molecule has 1 saturated heterocycles. The first-order chi connectivity index (χ1) is 4.24. The van der Waals surface area contributed by atoms with Gasteiger partial charge in [0.25, 0.3) is 0 Å². The molecule has 0 aromatic carbocycles. The largest absolute Gasteiger partial charge is 0.300 e. The third-order valence-corrected chi connectivity index (χ3v) is 2.11. The molecule has 0 aromatic rings. The molecule has 1 heterocycles. The molecule has 0 amide bonds. The van der Waals surface area contributed by atoms with E-state index in [1.54, 1.807) is 0 Å². The van der Waals surface area contributed by atoms with Crippen LogP contribution in [0.3, 0.4) is 0 Å². The van der Waals surface area contributed by atoms with Gasteiger partial charge in [0, 0.05) is 12.6 Å². The average molecular weight is 131 g/mol. The Balaban J connectivity index is 2.38. The highest BCUT2D eigenvalue weighted by Gasteiger charge is 2.27. The molecule has 0 radical (unpaired) electrons. The van der Waals surface area contributed by atoms with Gasteiger partial charge in [-0.3, -0.25) is 0 Å². The molecule has 0 aromatic heterocycles. The lowest BCUT2D eigenvalue weighted by Crippen LogP contribution is -2.23. The molecule has 0 N–H and O–H groups in total. The Kier molecular flexibility index (Phi) is 2.06. The summed E-state index contributed by atoms with van der Waals surface area (Å²) >= 11 is 0. The minimum absolute atomic E-state index is 0.500. The van der Waals surface area contributed by atoms with Crippen LogP contribution in [0.5, 0.6) is 0 Å². The van der Waals surface area contributed by atoms with E-state index < -0.39 is 6.17 Å². The zero-order chi connectivity index (χ0) is 6.85. The third-order valence-electron chi connectivity index (χ3n) is 2.11. The highest BCUT2D eigenvalue weighted by atomic mass is 19.1. The van der Waals surface area contributed by atoms with Crippen molar-refractivity contribution in [3.05, 3.63) is 0 Å². The van der Waals surface area contributed by atoms with Crippen LogP contribution in [-0.2, 0) is 0 Å². The number of nitrogens with zero attached hydrogens (tertiary/aromatic N) is 1. The first kappa shape index (κ1) is 7.00. The van der Waals surface area contributed by atoms with Gasteiger partial charge in [-0.2, -0.15) is 0 Å². The quantitative estimate of drug-likeness (QED) is 0.520. The normalized spacial score (nSPS) is 37.7. The summed E-state index contributed by atoms with van der Waals surface area (Å²) in [5.74, 6) is 0. The summed E-state index contributed by atoms with van der Waals surface area (Å²) in [6.45, 7) is 2.75. The SMILES string of the molecule is CC[C@H]1C[C@@H](F)CN1C. The van der Waals surface area contributed by atoms with Gasteiger partial charge in [-0.05, 0) is 19.9 Å². The zero-order valence-electron chi connectivity index (χ0n) is 6.10. The van der Waals surface area contributed by atoms with Gasteiger partial charge >= 0.3 is 0 Å². The second-order valence-electron chi connectivity index (χ2n) is 2.83. The van der Waals surface area contributed by atoms with Crippen LogP contribution in [0.1, 0.15) is 19.8 Å². The average Bonchev–Trinajstić information content (AvgIpc) is 2.10. The van der Waals surface area contributed by atoms with E-state index in [1.807, 2.05) is 7.05 Å². The highest BCUT2D eigenvalue weighted by Crippen LogP contribution is 2.19. The van der Waals surface area contributed by atoms with E-state index in [2.05, 4.69) is 11.8 Å². The van der Waals surface area contributed by atoms with Crippen molar-refractivity contribution in [2.75, 3.05) is 13.6 Å². The molecule has 1 aliphatic heterocycles. The number of rotatable bonds is 1. The van der Waals surface area contributed by atoms with Crippen LogP contribution >= 0.6 is 0 Å².